The predicted molar refractivity (Wildman–Crippen MR) is 146 cm³/mol. The largest absolute Gasteiger partial charge is 0.497 e. The molecule has 3 aromatic rings. The maximum absolute atomic E-state index is 13.5. The summed E-state index contributed by atoms with van der Waals surface area (Å²) >= 11 is 13.9. The van der Waals surface area contributed by atoms with E-state index >= 15 is 0 Å². The molecule has 11 heteroatoms. The second-order valence-corrected chi connectivity index (χ2v) is 11.2. The smallest absolute Gasteiger partial charge is 0.264 e. The number of nitrogens with zero attached hydrogens (tertiary/aromatic N) is 1. The fourth-order valence-corrected chi connectivity index (χ4v) is 6.35. The number of hydrogen-bond donors (Lipinski definition) is 1. The molecule has 0 heterocycles. The third-order valence-electron chi connectivity index (χ3n) is 5.15. The van der Waals surface area contributed by atoms with Crippen molar-refractivity contribution in [2.45, 2.75) is 10.6 Å². The number of ether oxygens (including phenoxy) is 2. The van der Waals surface area contributed by atoms with Crippen LogP contribution in [0.4, 0.5) is 5.69 Å². The first kappa shape index (κ1) is 28.0. The molecule has 3 rings (SSSR count). The normalized spacial score (nSPS) is 11.1. The van der Waals surface area contributed by atoms with Crippen LogP contribution in [0, 0.1) is 0 Å². The van der Waals surface area contributed by atoms with Gasteiger partial charge in [-0.15, -0.1) is 0 Å². The lowest BCUT2D eigenvalue weighted by molar-refractivity contribution is -0.119. The molecule has 1 amide bonds. The molecule has 0 aliphatic carbocycles. The molecule has 0 aromatic heterocycles. The van der Waals surface area contributed by atoms with Crippen molar-refractivity contribution in [3.63, 3.8) is 0 Å². The highest BCUT2D eigenvalue weighted by molar-refractivity contribution is 7.98. The first-order valence-electron chi connectivity index (χ1n) is 10.8. The highest BCUT2D eigenvalue weighted by Gasteiger charge is 2.29. The molecule has 0 fully saturated rings. The van der Waals surface area contributed by atoms with Crippen molar-refractivity contribution in [3.8, 4) is 11.5 Å². The van der Waals surface area contributed by atoms with Crippen molar-refractivity contribution >= 4 is 56.6 Å². The van der Waals surface area contributed by atoms with Gasteiger partial charge in [0.15, 0.2) is 0 Å². The minimum Gasteiger partial charge on any atom is -0.497 e. The Hall–Kier alpha value is -2.59. The minimum atomic E-state index is -4.07. The minimum absolute atomic E-state index is 0.0582. The molecule has 0 unspecified atom stereocenters. The molecule has 0 saturated carbocycles. The van der Waals surface area contributed by atoms with E-state index in [0.717, 1.165) is 9.87 Å². The summed E-state index contributed by atoms with van der Waals surface area (Å²) in [5.74, 6) is 1.47. The zero-order valence-corrected chi connectivity index (χ0v) is 22.9. The quantitative estimate of drug-likeness (QED) is 0.300. The van der Waals surface area contributed by atoms with E-state index in [0.29, 0.717) is 33.8 Å². The average Bonchev–Trinajstić information content (AvgIpc) is 2.88. The number of amides is 1. The Kier molecular flexibility index (Phi) is 10.2. The zero-order chi connectivity index (χ0) is 26.1. The van der Waals surface area contributed by atoms with Gasteiger partial charge < -0.3 is 14.8 Å². The van der Waals surface area contributed by atoms with E-state index in [1.54, 1.807) is 66.4 Å². The van der Waals surface area contributed by atoms with E-state index in [-0.39, 0.29) is 16.3 Å². The predicted octanol–water partition coefficient (Wildman–Crippen LogP) is 5.26. The molecule has 36 heavy (non-hydrogen) atoms. The molecule has 7 nitrogen and oxygen atoms in total. The SMILES string of the molecule is COc1ccc(N(CC(=O)NCCSCc2c(Cl)cccc2Cl)S(=O)(=O)c2ccccc2)c(OC)c1. The van der Waals surface area contributed by atoms with Crippen LogP contribution in [0.3, 0.4) is 0 Å². The molecule has 0 aliphatic heterocycles. The molecule has 0 bridgehead atoms. The van der Waals surface area contributed by atoms with Gasteiger partial charge in [0.05, 0.1) is 24.8 Å². The van der Waals surface area contributed by atoms with Gasteiger partial charge in [-0.25, -0.2) is 8.42 Å². The number of methoxy groups -OCH3 is 2. The van der Waals surface area contributed by atoms with Crippen LogP contribution in [-0.2, 0) is 20.6 Å². The molecule has 192 valence electrons. The Morgan fingerprint density at radius 3 is 2.31 bits per heavy atom. The van der Waals surface area contributed by atoms with E-state index in [1.807, 2.05) is 0 Å². The van der Waals surface area contributed by atoms with Crippen molar-refractivity contribution in [1.82, 2.24) is 5.32 Å². The summed E-state index contributed by atoms with van der Waals surface area (Å²) < 4.78 is 38.7. The number of sulfonamides is 1. The number of hydrogen-bond acceptors (Lipinski definition) is 6. The lowest BCUT2D eigenvalue weighted by Crippen LogP contribution is -2.41. The summed E-state index contributed by atoms with van der Waals surface area (Å²) in [6.07, 6.45) is 0. The van der Waals surface area contributed by atoms with Crippen molar-refractivity contribution in [1.29, 1.82) is 0 Å². The van der Waals surface area contributed by atoms with Gasteiger partial charge in [-0.05, 0) is 42.0 Å². The molecule has 0 aliphatic rings. The van der Waals surface area contributed by atoms with Crippen LogP contribution < -0.4 is 19.1 Å². The maximum atomic E-state index is 13.5. The first-order chi connectivity index (χ1) is 17.3. The monoisotopic (exact) mass is 568 g/mol. The summed E-state index contributed by atoms with van der Waals surface area (Å²) in [6, 6.07) is 18.0. The third kappa shape index (κ3) is 7.00. The number of halogens is 2. The summed E-state index contributed by atoms with van der Waals surface area (Å²) in [5, 5.41) is 3.97. The topological polar surface area (TPSA) is 84.9 Å². The van der Waals surface area contributed by atoms with Gasteiger partial charge in [0, 0.05) is 34.2 Å². The van der Waals surface area contributed by atoms with Crippen LogP contribution in [-0.4, -0.2) is 47.4 Å². The highest BCUT2D eigenvalue weighted by Crippen LogP contribution is 2.35. The Balaban J connectivity index is 1.72. The van der Waals surface area contributed by atoms with Crippen molar-refractivity contribution in [2.75, 3.05) is 37.4 Å². The summed E-state index contributed by atoms with van der Waals surface area (Å²) in [5.41, 5.74) is 1.06. The van der Waals surface area contributed by atoms with E-state index < -0.39 is 22.5 Å². The van der Waals surface area contributed by atoms with Crippen molar-refractivity contribution in [3.05, 3.63) is 82.3 Å². The number of thioether (sulfide) groups is 1. The Morgan fingerprint density at radius 1 is 0.972 bits per heavy atom. The lowest BCUT2D eigenvalue weighted by atomic mass is 10.2. The van der Waals surface area contributed by atoms with Gasteiger partial charge >= 0.3 is 0 Å². The molecule has 1 N–H and O–H groups in total. The Morgan fingerprint density at radius 2 is 1.67 bits per heavy atom. The molecule has 0 spiro atoms. The third-order valence-corrected chi connectivity index (χ3v) is 8.62. The summed E-state index contributed by atoms with van der Waals surface area (Å²) in [6.45, 7) is -0.0918. The molecule has 0 radical (unpaired) electrons. The second kappa shape index (κ2) is 13.1. The fourth-order valence-electron chi connectivity index (χ4n) is 3.30. The lowest BCUT2D eigenvalue weighted by Gasteiger charge is -2.26. The zero-order valence-electron chi connectivity index (χ0n) is 19.7. The molecule has 0 atom stereocenters. The highest BCUT2D eigenvalue weighted by atomic mass is 35.5. The van der Waals surface area contributed by atoms with Crippen LogP contribution in [0.15, 0.2) is 71.6 Å². The van der Waals surface area contributed by atoms with Crippen LogP contribution in [0.5, 0.6) is 11.5 Å². The van der Waals surface area contributed by atoms with Crippen LogP contribution in [0.25, 0.3) is 0 Å². The summed E-state index contributed by atoms with van der Waals surface area (Å²) in [4.78, 5) is 12.9. The van der Waals surface area contributed by atoms with Gasteiger partial charge in [0.2, 0.25) is 5.91 Å². The van der Waals surface area contributed by atoms with Gasteiger partial charge in [-0.2, -0.15) is 11.8 Å². The fraction of sp³-hybridized carbons (Fsp3) is 0.240. The standard InChI is InChI=1S/C25H26Cl2N2O5S2/c1-33-18-11-12-23(24(15-18)34-2)29(36(31,32)19-7-4-3-5-8-19)16-25(30)28-13-14-35-17-20-21(26)9-6-10-22(20)27/h3-12,15H,13-14,16-17H2,1-2H3,(H,28,30). The van der Waals surface area contributed by atoms with Gasteiger partial charge in [-0.3, -0.25) is 9.10 Å². The number of anilines is 1. The van der Waals surface area contributed by atoms with E-state index in [9.17, 15) is 13.2 Å². The summed E-state index contributed by atoms with van der Waals surface area (Å²) in [7, 11) is -1.14. The molecule has 3 aromatic carbocycles. The van der Waals surface area contributed by atoms with E-state index in [1.165, 1.54) is 26.4 Å². The number of benzene rings is 3. The average molecular weight is 570 g/mol. The second-order valence-electron chi connectivity index (χ2n) is 7.47. The number of nitrogens with one attached hydrogen (secondary N) is 1. The van der Waals surface area contributed by atoms with Crippen LogP contribution >= 0.6 is 35.0 Å². The van der Waals surface area contributed by atoms with E-state index in [4.69, 9.17) is 32.7 Å². The van der Waals surface area contributed by atoms with Gasteiger partial charge in [0.25, 0.3) is 10.0 Å². The molecule has 0 saturated heterocycles. The number of carbonyl (C=O) groups is 1. The Bertz CT molecular complexity index is 1270. The van der Waals surface area contributed by atoms with Crippen LogP contribution in [0.1, 0.15) is 5.56 Å². The first-order valence-corrected chi connectivity index (χ1v) is 14.2. The number of rotatable bonds is 12. The molecular weight excluding hydrogens is 543 g/mol. The number of carbonyl (C=O) groups excluding carboxylic acids is 1. The molecular formula is C25H26Cl2N2O5S2. The van der Waals surface area contributed by atoms with Gasteiger partial charge in [-0.1, -0.05) is 47.5 Å². The van der Waals surface area contributed by atoms with E-state index in [2.05, 4.69) is 5.32 Å². The Labute approximate surface area is 225 Å². The van der Waals surface area contributed by atoms with Crippen molar-refractivity contribution in [2.24, 2.45) is 0 Å². The van der Waals surface area contributed by atoms with Crippen molar-refractivity contribution < 1.29 is 22.7 Å². The maximum Gasteiger partial charge on any atom is 0.264 e. The van der Waals surface area contributed by atoms with Crippen LogP contribution in [0.2, 0.25) is 10.0 Å². The van der Waals surface area contributed by atoms with Gasteiger partial charge in [0.1, 0.15) is 18.0 Å².